The summed E-state index contributed by atoms with van der Waals surface area (Å²) < 4.78 is 19.2. The number of phenolic OH excluding ortho intramolecular Hbond substituents is 2. The van der Waals surface area contributed by atoms with Crippen LogP contribution in [0.3, 0.4) is 0 Å². The van der Waals surface area contributed by atoms with Crippen LogP contribution in [0.25, 0.3) is 0 Å². The first-order valence-corrected chi connectivity index (χ1v) is 17.8. The van der Waals surface area contributed by atoms with E-state index in [2.05, 4.69) is 5.43 Å². The lowest BCUT2D eigenvalue weighted by atomic mass is 9.49. The third kappa shape index (κ3) is 5.44. The number of aromatic hydroxyl groups is 2. The van der Waals surface area contributed by atoms with Gasteiger partial charge in [-0.1, -0.05) is 53.6 Å². The Bertz CT molecular complexity index is 2180. The highest BCUT2D eigenvalue weighted by Gasteiger charge is 2.70. The topological polar surface area (TPSA) is 136 Å². The first-order valence-electron chi connectivity index (χ1n) is 17.4. The van der Waals surface area contributed by atoms with Gasteiger partial charge >= 0.3 is 0 Å². The number of imide groups is 2. The molecule has 3 fully saturated rings. The van der Waals surface area contributed by atoms with E-state index in [-0.39, 0.29) is 42.7 Å². The fourth-order valence-electron chi connectivity index (χ4n) is 9.08. The summed E-state index contributed by atoms with van der Waals surface area (Å²) in [6, 6.07) is 23.3. The molecule has 53 heavy (non-hydrogen) atoms. The number of phenols is 2. The van der Waals surface area contributed by atoms with Gasteiger partial charge in [-0.3, -0.25) is 29.5 Å². The van der Waals surface area contributed by atoms with Crippen molar-refractivity contribution in [2.24, 2.45) is 23.7 Å². The van der Waals surface area contributed by atoms with Crippen molar-refractivity contribution < 1.29 is 38.5 Å². The van der Waals surface area contributed by atoms with Crippen LogP contribution in [0, 0.1) is 29.5 Å². The molecule has 0 spiro atoms. The molecule has 6 atom stereocenters. The molecule has 8 rings (SSSR count). The van der Waals surface area contributed by atoms with Crippen molar-refractivity contribution in [2.75, 3.05) is 19.1 Å². The van der Waals surface area contributed by atoms with Gasteiger partial charge in [0.1, 0.15) is 23.1 Å². The van der Waals surface area contributed by atoms with Crippen LogP contribution in [0.15, 0.2) is 103 Å². The molecule has 2 aliphatic heterocycles. The summed E-state index contributed by atoms with van der Waals surface area (Å²) in [6.45, 7) is 0.144. The molecule has 4 aromatic rings. The number of carbonyl (C=O) groups is 4. The number of hydrogen-bond donors (Lipinski definition) is 3. The van der Waals surface area contributed by atoms with E-state index in [1.165, 1.54) is 42.3 Å². The smallest absolute Gasteiger partial charge is 0.260 e. The molecule has 0 radical (unpaired) electrons. The Morgan fingerprint density at radius 1 is 0.887 bits per heavy atom. The first-order chi connectivity index (χ1) is 25.5. The number of allylic oxidation sites excluding steroid dienone is 2. The predicted molar refractivity (Wildman–Crippen MR) is 192 cm³/mol. The summed E-state index contributed by atoms with van der Waals surface area (Å²) in [5, 5.41) is 22.7. The Labute approximate surface area is 309 Å². The second-order valence-corrected chi connectivity index (χ2v) is 14.5. The number of rotatable bonds is 8. The molecular weight excluding hydrogens is 701 g/mol. The number of nitrogens with one attached hydrogen (secondary N) is 1. The minimum Gasteiger partial charge on any atom is -0.508 e. The van der Waals surface area contributed by atoms with Gasteiger partial charge in [0, 0.05) is 29.1 Å². The molecule has 4 aliphatic rings. The first kappa shape index (κ1) is 34.4. The number of ether oxygens (including phenoxy) is 1. The summed E-state index contributed by atoms with van der Waals surface area (Å²) in [5.41, 5.74) is 3.97. The van der Waals surface area contributed by atoms with Gasteiger partial charge in [0.15, 0.2) is 0 Å². The second-order valence-electron chi connectivity index (χ2n) is 14.0. The number of carbonyl (C=O) groups excluding carboxylic acids is 4. The zero-order valence-electron chi connectivity index (χ0n) is 28.5. The highest BCUT2D eigenvalue weighted by Crippen LogP contribution is 2.65. The van der Waals surface area contributed by atoms with Gasteiger partial charge in [-0.2, -0.15) is 5.01 Å². The maximum Gasteiger partial charge on any atom is 0.260 e. The normalized spacial score (nSPS) is 26.2. The Morgan fingerprint density at radius 2 is 1.60 bits per heavy atom. The maximum atomic E-state index is 15.2. The summed E-state index contributed by atoms with van der Waals surface area (Å²) in [5.74, 6) is -6.04. The van der Waals surface area contributed by atoms with Gasteiger partial charge < -0.3 is 14.9 Å². The van der Waals surface area contributed by atoms with Crippen molar-refractivity contribution in [3.05, 3.63) is 130 Å². The fourth-order valence-corrected chi connectivity index (χ4v) is 9.21. The van der Waals surface area contributed by atoms with Crippen LogP contribution >= 0.6 is 11.6 Å². The lowest BCUT2D eigenvalue weighted by Crippen LogP contribution is -2.53. The molecule has 1 saturated carbocycles. The van der Waals surface area contributed by atoms with Gasteiger partial charge in [0.05, 0.1) is 36.0 Å². The summed E-state index contributed by atoms with van der Waals surface area (Å²) in [6.07, 6.45) is 2.60. The molecule has 2 aliphatic carbocycles. The van der Waals surface area contributed by atoms with Crippen molar-refractivity contribution in [3.63, 3.8) is 0 Å². The largest absolute Gasteiger partial charge is 0.508 e. The highest BCUT2D eigenvalue weighted by atomic mass is 35.5. The number of hydrazine groups is 1. The molecule has 4 aromatic carbocycles. The molecule has 2 heterocycles. The molecular formula is C41H35ClFN3O7. The van der Waals surface area contributed by atoms with E-state index in [9.17, 15) is 29.0 Å². The van der Waals surface area contributed by atoms with Crippen molar-refractivity contribution in [2.45, 2.75) is 30.6 Å². The third-order valence-electron chi connectivity index (χ3n) is 11.5. The van der Waals surface area contributed by atoms with E-state index < -0.39 is 52.6 Å². The van der Waals surface area contributed by atoms with Crippen LogP contribution in [-0.2, 0) is 31.0 Å². The zero-order chi connectivity index (χ0) is 37.2. The summed E-state index contributed by atoms with van der Waals surface area (Å²) in [4.78, 5) is 59.6. The van der Waals surface area contributed by atoms with Gasteiger partial charge in [-0.05, 0) is 90.9 Å². The molecule has 0 aromatic heterocycles. The molecule has 270 valence electrons. The van der Waals surface area contributed by atoms with Crippen LogP contribution in [0.5, 0.6) is 17.2 Å². The van der Waals surface area contributed by atoms with E-state index >= 15 is 4.79 Å². The maximum absolute atomic E-state index is 15.2. The number of halogens is 2. The fraction of sp³-hybridized carbons (Fsp3) is 0.268. The third-order valence-corrected chi connectivity index (χ3v) is 11.7. The number of anilines is 1. The summed E-state index contributed by atoms with van der Waals surface area (Å²) in [7, 11) is 1.47. The number of nitrogens with zero attached hydrogens (tertiary/aromatic N) is 2. The lowest BCUT2D eigenvalue weighted by Gasteiger charge is -2.50. The Morgan fingerprint density at radius 3 is 2.28 bits per heavy atom. The molecule has 4 amide bonds. The standard InChI is InChI=1S/C41H35ClFN3O7/c1-53-28-14-15-30(34(48)20-28)36-29-16-17-31-35(39(51)45(37(31)49)19-18-22-2-12-27(47)13-3-22)32(29)21-33-38(50)46(44-26-10-8-25(43)9-11-26)40(52)41(33,36)23-4-6-24(42)7-5-23/h2-16,20,31-33,35-36,44,47-48H,17-19,21H2,1H3. The number of methoxy groups -OCH3 is 1. The van der Waals surface area contributed by atoms with Gasteiger partial charge in [0.25, 0.3) is 11.8 Å². The van der Waals surface area contributed by atoms with E-state index in [4.69, 9.17) is 16.3 Å². The van der Waals surface area contributed by atoms with Gasteiger partial charge in [0.2, 0.25) is 11.8 Å². The second kappa shape index (κ2) is 13.1. The average molecular weight is 736 g/mol. The molecule has 12 heteroatoms. The molecule has 6 unspecified atom stereocenters. The van der Waals surface area contributed by atoms with E-state index in [1.54, 1.807) is 60.7 Å². The molecule has 10 nitrogen and oxygen atoms in total. The molecule has 0 bridgehead atoms. The Kier molecular flexibility index (Phi) is 8.48. The van der Waals surface area contributed by atoms with Crippen molar-refractivity contribution in [3.8, 4) is 17.2 Å². The van der Waals surface area contributed by atoms with E-state index in [0.717, 1.165) is 10.6 Å². The predicted octanol–water partition coefficient (Wildman–Crippen LogP) is 6.13. The molecule has 3 N–H and O–H groups in total. The van der Waals surface area contributed by atoms with Gasteiger partial charge in [-0.15, -0.1) is 0 Å². The van der Waals surface area contributed by atoms with E-state index in [0.29, 0.717) is 39.6 Å². The van der Waals surface area contributed by atoms with Crippen molar-refractivity contribution >= 4 is 40.9 Å². The highest BCUT2D eigenvalue weighted by molar-refractivity contribution is 6.30. The number of hydrogen-bond acceptors (Lipinski definition) is 8. The van der Waals surface area contributed by atoms with Crippen LogP contribution < -0.4 is 10.2 Å². The van der Waals surface area contributed by atoms with Crippen molar-refractivity contribution in [1.29, 1.82) is 0 Å². The average Bonchev–Trinajstić information content (AvgIpc) is 3.53. The van der Waals surface area contributed by atoms with Crippen LogP contribution in [0.1, 0.15) is 35.4 Å². The SMILES string of the molecule is COc1ccc(C2C3=CCC4C(=O)N(CCc5ccc(O)cc5)C(=O)C4C3CC3C(=O)N(Nc4ccc(F)cc4)C(=O)C32c2ccc(Cl)cc2)c(O)c1. The monoisotopic (exact) mass is 735 g/mol. The number of amides is 4. The molecule has 2 saturated heterocycles. The van der Waals surface area contributed by atoms with Gasteiger partial charge in [-0.25, -0.2) is 4.39 Å². The van der Waals surface area contributed by atoms with E-state index in [1.807, 2.05) is 6.08 Å². The van der Waals surface area contributed by atoms with Crippen LogP contribution in [0.4, 0.5) is 10.1 Å². The number of benzene rings is 4. The summed E-state index contributed by atoms with van der Waals surface area (Å²) >= 11 is 6.35. The van der Waals surface area contributed by atoms with Crippen LogP contribution in [-0.4, -0.2) is 57.4 Å². The Balaban J connectivity index is 1.27. The zero-order valence-corrected chi connectivity index (χ0v) is 29.3. The number of likely N-dealkylation sites (tertiary alicyclic amines) is 1. The lowest BCUT2D eigenvalue weighted by molar-refractivity contribution is -0.141. The number of fused-ring (bicyclic) bond motifs is 4. The Hall–Kier alpha value is -5.68. The minimum absolute atomic E-state index is 0.0695. The quantitative estimate of drug-likeness (QED) is 0.145. The minimum atomic E-state index is -1.62. The van der Waals surface area contributed by atoms with Crippen LogP contribution in [0.2, 0.25) is 5.02 Å². The van der Waals surface area contributed by atoms with Crippen molar-refractivity contribution in [1.82, 2.24) is 9.91 Å².